The highest BCUT2D eigenvalue weighted by atomic mass is 16.7. The van der Waals surface area contributed by atoms with Gasteiger partial charge in [0.1, 0.15) is 61.0 Å². The van der Waals surface area contributed by atoms with Gasteiger partial charge in [0.2, 0.25) is 0 Å². The van der Waals surface area contributed by atoms with Crippen molar-refractivity contribution < 1.29 is 74.7 Å². The second-order valence-corrected chi connectivity index (χ2v) is 8.22. The third kappa shape index (κ3) is 5.64. The van der Waals surface area contributed by atoms with E-state index >= 15 is 0 Å². The molecule has 14 atom stereocenters. The zero-order valence-electron chi connectivity index (χ0n) is 17.4. The molecule has 0 radical (unpaired) electrons. The predicted octanol–water partition coefficient (Wildman–Crippen LogP) is -6.54. The maximum Gasteiger partial charge on any atom is 0.187 e. The average molecular weight is 488 g/mol. The van der Waals surface area contributed by atoms with Crippen LogP contribution in [0.4, 0.5) is 0 Å². The van der Waals surface area contributed by atoms with Crippen LogP contribution in [0, 0.1) is 0 Å². The summed E-state index contributed by atoms with van der Waals surface area (Å²) in [6.45, 7) is -2.12. The van der Waals surface area contributed by atoms with Gasteiger partial charge in [-0.3, -0.25) is 0 Å². The van der Waals surface area contributed by atoms with E-state index in [1.54, 1.807) is 0 Å². The zero-order valence-corrected chi connectivity index (χ0v) is 17.4. The monoisotopic (exact) mass is 488 g/mol. The molecule has 0 amide bonds. The molecule has 3 heterocycles. The molecule has 3 aliphatic heterocycles. The van der Waals surface area contributed by atoms with Gasteiger partial charge in [-0.2, -0.15) is 0 Å². The van der Waals surface area contributed by atoms with Crippen LogP contribution in [0.15, 0.2) is 0 Å². The lowest BCUT2D eigenvalue weighted by Gasteiger charge is -2.47. The van der Waals surface area contributed by atoms with Crippen LogP contribution in [0.3, 0.4) is 0 Å². The largest absolute Gasteiger partial charge is 0.394 e. The molecule has 3 rings (SSSR count). The first-order chi connectivity index (χ1) is 15.6. The Morgan fingerprint density at radius 3 is 1.79 bits per heavy atom. The van der Waals surface area contributed by atoms with Crippen LogP contribution in [0.2, 0.25) is 0 Å². The average Bonchev–Trinajstić information content (AvgIpc) is 2.80. The lowest BCUT2D eigenvalue weighted by Crippen LogP contribution is -2.65. The smallest absolute Gasteiger partial charge is 0.187 e. The summed E-state index contributed by atoms with van der Waals surface area (Å²) < 4.78 is 26.8. The van der Waals surface area contributed by atoms with Crippen LogP contribution in [-0.4, -0.2) is 157 Å². The number of aliphatic hydroxyl groups excluding tert-OH is 10. The van der Waals surface area contributed by atoms with Crippen molar-refractivity contribution in [3.63, 3.8) is 0 Å². The van der Waals surface area contributed by atoms with Crippen LogP contribution in [0.1, 0.15) is 6.42 Å². The molecule has 0 aromatic heterocycles. The van der Waals surface area contributed by atoms with Crippen molar-refractivity contribution in [3.05, 3.63) is 0 Å². The highest BCUT2D eigenvalue weighted by Gasteiger charge is 2.52. The molecule has 15 heteroatoms. The van der Waals surface area contributed by atoms with Gasteiger partial charge in [0.15, 0.2) is 18.9 Å². The Bertz CT molecular complexity index is 609. The molecule has 10 N–H and O–H groups in total. The van der Waals surface area contributed by atoms with E-state index in [1.807, 2.05) is 0 Å². The van der Waals surface area contributed by atoms with Gasteiger partial charge in [0, 0.05) is 6.42 Å². The van der Waals surface area contributed by atoms with Crippen molar-refractivity contribution in [1.29, 1.82) is 0 Å². The first kappa shape index (κ1) is 27.0. The first-order valence-electron chi connectivity index (χ1n) is 10.5. The summed E-state index contributed by atoms with van der Waals surface area (Å²) in [6.07, 6.45) is -21.6. The topological polar surface area (TPSA) is 248 Å². The lowest BCUT2D eigenvalue weighted by atomic mass is 9.96. The molecule has 33 heavy (non-hydrogen) atoms. The molecule has 0 aromatic carbocycles. The van der Waals surface area contributed by atoms with Crippen molar-refractivity contribution in [2.24, 2.45) is 0 Å². The summed E-state index contributed by atoms with van der Waals surface area (Å²) >= 11 is 0. The molecule has 5 unspecified atom stereocenters. The normalized spacial score (nSPS) is 51.5. The van der Waals surface area contributed by atoms with Crippen molar-refractivity contribution >= 4 is 0 Å². The second kappa shape index (κ2) is 11.4. The molecule has 3 fully saturated rings. The van der Waals surface area contributed by atoms with E-state index in [4.69, 9.17) is 23.7 Å². The van der Waals surface area contributed by atoms with E-state index < -0.39 is 106 Å². The van der Waals surface area contributed by atoms with Gasteiger partial charge >= 0.3 is 0 Å². The molecule has 0 spiro atoms. The van der Waals surface area contributed by atoms with Crippen LogP contribution >= 0.6 is 0 Å². The molecule has 194 valence electrons. The summed E-state index contributed by atoms with van der Waals surface area (Å²) in [5, 5.41) is 99.1. The van der Waals surface area contributed by atoms with Crippen molar-refractivity contribution in [3.8, 4) is 0 Å². The van der Waals surface area contributed by atoms with Crippen molar-refractivity contribution in [2.45, 2.75) is 92.4 Å². The van der Waals surface area contributed by atoms with Crippen LogP contribution in [-0.2, 0) is 23.7 Å². The maximum atomic E-state index is 10.7. The minimum Gasteiger partial charge on any atom is -0.394 e. The number of hydrogen-bond donors (Lipinski definition) is 10. The van der Waals surface area contributed by atoms with E-state index in [-0.39, 0.29) is 6.42 Å². The highest BCUT2D eigenvalue weighted by Crippen LogP contribution is 2.32. The maximum absolute atomic E-state index is 10.7. The Labute approximate surface area is 187 Å². The highest BCUT2D eigenvalue weighted by molar-refractivity contribution is 4.95. The molecular formula is C18H32O15. The number of hydrogen-bond acceptors (Lipinski definition) is 15. The molecule has 0 saturated carbocycles. The Balaban J connectivity index is 1.74. The minimum atomic E-state index is -1.80. The summed E-state index contributed by atoms with van der Waals surface area (Å²) in [5.41, 5.74) is 0. The molecule has 0 aromatic rings. The van der Waals surface area contributed by atoms with E-state index in [2.05, 4.69) is 0 Å². The summed E-state index contributed by atoms with van der Waals surface area (Å²) in [6, 6.07) is 0. The van der Waals surface area contributed by atoms with E-state index in [0.29, 0.717) is 0 Å². The van der Waals surface area contributed by atoms with Gasteiger partial charge in [-0.05, 0) is 0 Å². The summed E-state index contributed by atoms with van der Waals surface area (Å²) in [4.78, 5) is 0. The van der Waals surface area contributed by atoms with Gasteiger partial charge in [-0.15, -0.1) is 0 Å². The molecule has 0 aliphatic carbocycles. The van der Waals surface area contributed by atoms with E-state index in [1.165, 1.54) is 0 Å². The number of rotatable bonds is 7. The van der Waals surface area contributed by atoms with Gasteiger partial charge < -0.3 is 74.7 Å². The summed E-state index contributed by atoms with van der Waals surface area (Å²) in [5.74, 6) is 0. The van der Waals surface area contributed by atoms with Crippen molar-refractivity contribution in [2.75, 3.05) is 19.8 Å². The number of aliphatic hydroxyl groups is 10. The molecule has 3 saturated heterocycles. The fourth-order valence-corrected chi connectivity index (χ4v) is 4.05. The second-order valence-electron chi connectivity index (χ2n) is 8.22. The van der Waals surface area contributed by atoms with Gasteiger partial charge in [-0.1, -0.05) is 0 Å². The Kier molecular flexibility index (Phi) is 9.35. The predicted molar refractivity (Wildman–Crippen MR) is 99.9 cm³/mol. The van der Waals surface area contributed by atoms with Crippen LogP contribution in [0.25, 0.3) is 0 Å². The minimum absolute atomic E-state index is 0.268. The van der Waals surface area contributed by atoms with Gasteiger partial charge in [-0.25, -0.2) is 0 Å². The van der Waals surface area contributed by atoms with E-state index in [0.717, 1.165) is 0 Å². The van der Waals surface area contributed by atoms with Crippen LogP contribution < -0.4 is 0 Å². The number of ether oxygens (including phenoxy) is 5. The standard InChI is InChI=1S/C18H32O15/c19-2-6-10(23)5(22)1-9(29-6)32-16-11(24)7(3-20)31-18(14(16)27)33-15-8(4-21)30-17(28)13(26)12(15)25/h5-28H,1-4H2/t5-,6?,7?,8?,9-,10-,11+,12-,13?,14?,15-,16+,17-,18+/m1/s1. The molecule has 15 nitrogen and oxygen atoms in total. The zero-order chi connectivity index (χ0) is 24.4. The van der Waals surface area contributed by atoms with Gasteiger partial charge in [0.05, 0.1) is 25.9 Å². The molecular weight excluding hydrogens is 456 g/mol. The Hall–Kier alpha value is -0.600. The Morgan fingerprint density at radius 2 is 1.18 bits per heavy atom. The third-order valence-electron chi connectivity index (χ3n) is 5.98. The fourth-order valence-electron chi connectivity index (χ4n) is 4.05. The fraction of sp³-hybridized carbons (Fsp3) is 1.00. The van der Waals surface area contributed by atoms with Crippen molar-refractivity contribution in [1.82, 2.24) is 0 Å². The Morgan fingerprint density at radius 1 is 0.576 bits per heavy atom. The van der Waals surface area contributed by atoms with Gasteiger partial charge in [0.25, 0.3) is 0 Å². The quantitative estimate of drug-likeness (QED) is 0.160. The summed E-state index contributed by atoms with van der Waals surface area (Å²) in [7, 11) is 0. The molecule has 0 bridgehead atoms. The van der Waals surface area contributed by atoms with E-state index in [9.17, 15) is 51.1 Å². The lowest BCUT2D eigenvalue weighted by molar-refractivity contribution is -0.371. The third-order valence-corrected chi connectivity index (χ3v) is 5.98. The van der Waals surface area contributed by atoms with Crippen LogP contribution in [0.5, 0.6) is 0 Å². The molecule has 3 aliphatic rings. The SMILES string of the molecule is OCC1O[C@@H](O)C(O)[C@@H](O)[C@@H]1O[C@@H]1OC(CO)[C@H](O)[C@H](O[C@@H]2C[C@@H](O)[C@@H](O)C(CO)O2)C1O. The first-order valence-corrected chi connectivity index (χ1v) is 10.5.